The summed E-state index contributed by atoms with van der Waals surface area (Å²) < 4.78 is 33.7. The summed E-state index contributed by atoms with van der Waals surface area (Å²) in [4.78, 5) is 22.8. The molecule has 0 aliphatic heterocycles. The molecule has 0 saturated heterocycles. The Morgan fingerprint density at radius 3 is 2.42 bits per heavy atom. The normalized spacial score (nSPS) is 10.8. The molecule has 8 heteroatoms. The number of ether oxygens (including phenoxy) is 2. The van der Waals surface area contributed by atoms with Crippen molar-refractivity contribution >= 4 is 21.4 Å². The Kier molecular flexibility index (Phi) is 6.35. The van der Waals surface area contributed by atoms with Crippen molar-refractivity contribution in [2.75, 3.05) is 20.8 Å². The number of rotatable bonds is 8. The molecular formula is C18H18NO6S. The van der Waals surface area contributed by atoms with E-state index in [0.717, 1.165) is 5.62 Å². The van der Waals surface area contributed by atoms with Crippen LogP contribution in [0.4, 0.5) is 0 Å². The molecule has 0 atom stereocenters. The smallest absolute Gasteiger partial charge is 0.333 e. The van der Waals surface area contributed by atoms with Crippen LogP contribution >= 0.6 is 0 Å². The Hall–Kier alpha value is -2.87. The largest absolute Gasteiger partial charge is 0.493 e. The highest BCUT2D eigenvalue weighted by Crippen LogP contribution is 2.27. The average Bonchev–Trinajstić information content (AvgIpc) is 2.67. The molecule has 0 aromatic heterocycles. The number of sulfone groups is 1. The van der Waals surface area contributed by atoms with Crippen LogP contribution in [0.3, 0.4) is 0 Å². The lowest BCUT2D eigenvalue weighted by atomic mass is 10.1. The Morgan fingerprint density at radius 1 is 1.08 bits per heavy atom. The van der Waals surface area contributed by atoms with E-state index in [0.29, 0.717) is 22.6 Å². The quantitative estimate of drug-likeness (QED) is 0.750. The molecule has 0 unspecified atom stereocenters. The number of nitrogens with one attached hydrogen (secondary N) is 1. The molecule has 0 saturated carbocycles. The second kappa shape index (κ2) is 8.48. The van der Waals surface area contributed by atoms with Gasteiger partial charge in [-0.2, -0.15) is 0 Å². The van der Waals surface area contributed by atoms with Crippen LogP contribution in [-0.2, 0) is 21.1 Å². The van der Waals surface area contributed by atoms with Gasteiger partial charge in [0.1, 0.15) is 0 Å². The van der Waals surface area contributed by atoms with Crippen molar-refractivity contribution in [1.82, 2.24) is 5.32 Å². The van der Waals surface area contributed by atoms with Crippen molar-refractivity contribution in [3.8, 4) is 11.5 Å². The van der Waals surface area contributed by atoms with Crippen molar-refractivity contribution in [1.29, 1.82) is 0 Å². The zero-order chi connectivity index (χ0) is 19.2. The van der Waals surface area contributed by atoms with E-state index < -0.39 is 9.84 Å². The maximum Gasteiger partial charge on any atom is 0.333 e. The molecule has 7 nitrogen and oxygen atoms in total. The van der Waals surface area contributed by atoms with E-state index in [1.807, 2.05) is 0 Å². The third-order valence-corrected chi connectivity index (χ3v) is 4.89. The molecule has 0 bridgehead atoms. The molecule has 0 aliphatic rings. The van der Waals surface area contributed by atoms with Crippen LogP contribution in [0.15, 0.2) is 47.4 Å². The Balaban J connectivity index is 2.07. The summed E-state index contributed by atoms with van der Waals surface area (Å²) in [6.07, 6.45) is 0.246. The Labute approximate surface area is 151 Å². The number of methoxy groups -OCH3 is 2. The van der Waals surface area contributed by atoms with Gasteiger partial charge in [0.2, 0.25) is 9.84 Å². The monoisotopic (exact) mass is 376 g/mol. The fraction of sp³-hybridized carbons (Fsp3) is 0.222. The minimum Gasteiger partial charge on any atom is -0.493 e. The number of carbonyl (C=O) groups is 1. The lowest BCUT2D eigenvalue weighted by Gasteiger charge is -2.11. The van der Waals surface area contributed by atoms with E-state index in [2.05, 4.69) is 5.32 Å². The predicted octanol–water partition coefficient (Wildman–Crippen LogP) is 1.52. The highest BCUT2D eigenvalue weighted by Gasteiger charge is 2.18. The molecule has 2 aromatic carbocycles. The number of hydrogen-bond donors (Lipinski definition) is 1. The highest BCUT2D eigenvalue weighted by molar-refractivity contribution is 8.04. The summed E-state index contributed by atoms with van der Waals surface area (Å²) in [5.74, 6) is 0.597. The van der Waals surface area contributed by atoms with E-state index >= 15 is 0 Å². The zero-order valence-corrected chi connectivity index (χ0v) is 15.1. The number of carbonyl (C=O) groups excluding carboxylic acids is 2. The van der Waals surface area contributed by atoms with Gasteiger partial charge in [0.25, 0.3) is 5.91 Å². The molecule has 2 aromatic rings. The van der Waals surface area contributed by atoms with E-state index in [1.54, 1.807) is 30.3 Å². The van der Waals surface area contributed by atoms with Crippen LogP contribution < -0.4 is 14.8 Å². The first kappa shape index (κ1) is 19.5. The van der Waals surface area contributed by atoms with Gasteiger partial charge in [-0.25, -0.2) is 8.42 Å². The van der Waals surface area contributed by atoms with E-state index in [4.69, 9.17) is 9.47 Å². The topological polar surface area (TPSA) is 98.8 Å². The molecule has 0 heterocycles. The van der Waals surface area contributed by atoms with Crippen LogP contribution in [0, 0.1) is 0 Å². The molecular weight excluding hydrogens is 358 g/mol. The minimum atomic E-state index is -4.10. The highest BCUT2D eigenvalue weighted by atomic mass is 32.2. The van der Waals surface area contributed by atoms with Crippen molar-refractivity contribution in [2.45, 2.75) is 11.3 Å². The SMILES string of the molecule is COc1ccc(C(=O)NCCc2ccccc2S(=O)(=O)[C]=O)cc1OC. The van der Waals surface area contributed by atoms with E-state index in [9.17, 15) is 18.0 Å². The van der Waals surface area contributed by atoms with Gasteiger partial charge in [0.05, 0.1) is 19.1 Å². The van der Waals surface area contributed by atoms with Crippen LogP contribution in [0.25, 0.3) is 0 Å². The molecule has 1 N–H and O–H groups in total. The summed E-state index contributed by atoms with van der Waals surface area (Å²) in [7, 11) is -1.12. The molecule has 26 heavy (non-hydrogen) atoms. The molecule has 0 aliphatic carbocycles. The summed E-state index contributed by atoms with van der Waals surface area (Å²) in [6.45, 7) is 0.193. The third kappa shape index (κ3) is 4.40. The third-order valence-electron chi connectivity index (χ3n) is 3.70. The predicted molar refractivity (Wildman–Crippen MR) is 94.9 cm³/mol. The summed E-state index contributed by atoms with van der Waals surface area (Å²) >= 11 is 0. The average molecular weight is 376 g/mol. The molecule has 0 spiro atoms. The first-order valence-corrected chi connectivity index (χ1v) is 9.13. The van der Waals surface area contributed by atoms with Crippen molar-refractivity contribution < 1.29 is 27.5 Å². The summed E-state index contributed by atoms with van der Waals surface area (Å²) in [6, 6.07) is 10.9. The first-order chi connectivity index (χ1) is 12.4. The van der Waals surface area contributed by atoms with Gasteiger partial charge in [-0.05, 0) is 36.2 Å². The lowest BCUT2D eigenvalue weighted by Crippen LogP contribution is -2.26. The van der Waals surface area contributed by atoms with Crippen molar-refractivity contribution in [3.63, 3.8) is 0 Å². The Morgan fingerprint density at radius 2 is 1.77 bits per heavy atom. The number of amides is 1. The van der Waals surface area contributed by atoms with Gasteiger partial charge in [-0.3, -0.25) is 9.59 Å². The van der Waals surface area contributed by atoms with E-state index in [-0.39, 0.29) is 23.8 Å². The van der Waals surface area contributed by atoms with Gasteiger partial charge in [-0.1, -0.05) is 18.2 Å². The summed E-state index contributed by atoms with van der Waals surface area (Å²) in [5.41, 5.74) is 1.87. The standard InChI is InChI=1S/C18H18NO6S/c1-24-15-8-7-14(11-16(15)25-2)18(21)19-10-9-13-5-3-4-6-17(13)26(22,23)12-20/h3-8,11H,9-10H2,1-2H3,(H,19,21). The van der Waals surface area contributed by atoms with Crippen molar-refractivity contribution in [3.05, 3.63) is 53.6 Å². The molecule has 0 fully saturated rings. The zero-order valence-electron chi connectivity index (χ0n) is 14.3. The van der Waals surface area contributed by atoms with Gasteiger partial charge >= 0.3 is 5.62 Å². The second-order valence-corrected chi connectivity index (χ2v) is 6.88. The van der Waals surface area contributed by atoms with Crippen LogP contribution in [-0.4, -0.2) is 40.7 Å². The maximum absolute atomic E-state index is 12.3. The van der Waals surface area contributed by atoms with Crippen LogP contribution in [0.5, 0.6) is 11.5 Å². The lowest BCUT2D eigenvalue weighted by molar-refractivity contribution is 0.0953. The number of hydrogen-bond acceptors (Lipinski definition) is 6. The fourth-order valence-corrected chi connectivity index (χ4v) is 3.27. The van der Waals surface area contributed by atoms with Gasteiger partial charge in [0, 0.05) is 12.1 Å². The van der Waals surface area contributed by atoms with Gasteiger partial charge < -0.3 is 14.8 Å². The number of benzene rings is 2. The second-order valence-electron chi connectivity index (χ2n) is 5.27. The molecule has 1 radical (unpaired) electrons. The summed E-state index contributed by atoms with van der Waals surface area (Å²) in [5, 5.41) is 2.70. The molecule has 2 rings (SSSR count). The molecule has 1 amide bonds. The minimum absolute atomic E-state index is 0.102. The maximum atomic E-state index is 12.3. The molecule has 137 valence electrons. The fourth-order valence-electron chi connectivity index (χ4n) is 2.41. The van der Waals surface area contributed by atoms with E-state index in [1.165, 1.54) is 26.4 Å². The van der Waals surface area contributed by atoms with Gasteiger partial charge in [0.15, 0.2) is 11.5 Å². The van der Waals surface area contributed by atoms with Crippen LogP contribution in [0.2, 0.25) is 0 Å². The van der Waals surface area contributed by atoms with Crippen molar-refractivity contribution in [2.24, 2.45) is 0 Å². The van der Waals surface area contributed by atoms with Crippen LogP contribution in [0.1, 0.15) is 15.9 Å². The first-order valence-electron chi connectivity index (χ1n) is 7.65. The Bertz CT molecular complexity index is 908. The van der Waals surface area contributed by atoms with Gasteiger partial charge in [-0.15, -0.1) is 0 Å².